The molecule has 1 fully saturated rings. The first-order valence-corrected chi connectivity index (χ1v) is 10.2. The van der Waals surface area contributed by atoms with Gasteiger partial charge >= 0.3 is 0 Å². The number of ether oxygens (including phenoxy) is 1. The van der Waals surface area contributed by atoms with E-state index in [9.17, 15) is 8.42 Å². The molecule has 0 radical (unpaired) electrons. The van der Waals surface area contributed by atoms with Crippen molar-refractivity contribution in [3.8, 4) is 5.75 Å². The van der Waals surface area contributed by atoms with Crippen LogP contribution in [0.2, 0.25) is 0 Å². The van der Waals surface area contributed by atoms with Crippen LogP contribution in [0.25, 0.3) is 0 Å². The molecule has 0 bridgehead atoms. The second kappa shape index (κ2) is 7.34. The van der Waals surface area contributed by atoms with Crippen molar-refractivity contribution in [2.24, 2.45) is 0 Å². The van der Waals surface area contributed by atoms with Crippen molar-refractivity contribution >= 4 is 37.4 Å². The van der Waals surface area contributed by atoms with Gasteiger partial charge in [-0.2, -0.15) is 0 Å². The highest BCUT2D eigenvalue weighted by atomic mass is 79.9. The minimum atomic E-state index is -3.09. The quantitative estimate of drug-likeness (QED) is 0.690. The van der Waals surface area contributed by atoms with Gasteiger partial charge in [0.25, 0.3) is 0 Å². The summed E-state index contributed by atoms with van der Waals surface area (Å²) in [5.74, 6) is 1.01. The van der Waals surface area contributed by atoms with Gasteiger partial charge in [-0.1, -0.05) is 19.4 Å². The molecule has 0 N–H and O–H groups in total. The fourth-order valence-electron chi connectivity index (χ4n) is 2.54. The number of sulfone groups is 1. The Morgan fingerprint density at radius 2 is 2.19 bits per heavy atom. The molecule has 2 atom stereocenters. The van der Waals surface area contributed by atoms with Crippen molar-refractivity contribution in [1.82, 2.24) is 0 Å². The molecule has 1 aromatic carbocycles. The average molecular weight is 396 g/mol. The van der Waals surface area contributed by atoms with Gasteiger partial charge in [-0.3, -0.25) is 0 Å². The average Bonchev–Trinajstić information content (AvgIpc) is 2.45. The summed E-state index contributed by atoms with van der Waals surface area (Å²) in [5, 5.41) is -0.992. The minimum Gasteiger partial charge on any atom is -0.492 e. The summed E-state index contributed by atoms with van der Waals surface area (Å²) < 4.78 is 30.7. The Morgan fingerprint density at radius 1 is 1.43 bits per heavy atom. The van der Waals surface area contributed by atoms with Crippen LogP contribution >= 0.6 is 27.5 Å². The Hall–Kier alpha value is -0.260. The van der Waals surface area contributed by atoms with Crippen LogP contribution in [0.15, 0.2) is 22.7 Å². The summed E-state index contributed by atoms with van der Waals surface area (Å²) in [6.45, 7) is 2.70. The maximum Gasteiger partial charge on any atom is 0.154 e. The van der Waals surface area contributed by atoms with Gasteiger partial charge in [0.1, 0.15) is 5.75 Å². The van der Waals surface area contributed by atoms with Crippen molar-refractivity contribution in [2.45, 2.75) is 43.2 Å². The Morgan fingerprint density at radius 3 is 2.81 bits per heavy atom. The molecule has 2 rings (SSSR count). The molecule has 1 aliphatic rings. The fourth-order valence-corrected chi connectivity index (χ4v) is 5.74. The third kappa shape index (κ3) is 4.14. The lowest BCUT2D eigenvalue weighted by Gasteiger charge is -2.26. The molecule has 118 valence electrons. The van der Waals surface area contributed by atoms with Gasteiger partial charge in [0, 0.05) is 0 Å². The zero-order chi connectivity index (χ0) is 15.5. The molecule has 0 amide bonds. The lowest BCUT2D eigenvalue weighted by Crippen LogP contribution is -2.31. The number of benzene rings is 1. The number of hydrogen-bond donors (Lipinski definition) is 0. The fraction of sp³-hybridized carbons (Fsp3) is 0.600. The van der Waals surface area contributed by atoms with Crippen molar-refractivity contribution in [2.75, 3.05) is 12.4 Å². The van der Waals surface area contributed by atoms with Crippen molar-refractivity contribution in [3.05, 3.63) is 28.2 Å². The van der Waals surface area contributed by atoms with Gasteiger partial charge in [0.05, 0.1) is 27.5 Å². The molecule has 0 spiro atoms. The van der Waals surface area contributed by atoms with E-state index in [0.717, 1.165) is 35.0 Å². The van der Waals surface area contributed by atoms with Crippen molar-refractivity contribution < 1.29 is 13.2 Å². The standard InChI is InChI=1S/C15H20BrClO3S/c1-2-8-20-13-7-6-11(10-12(13)16)15(17)14-5-3-4-9-21(14,18)19/h6-7,10,14-15H,2-5,8-9H2,1H3. The van der Waals surface area contributed by atoms with E-state index in [1.165, 1.54) is 0 Å². The molecule has 0 saturated carbocycles. The first-order chi connectivity index (χ1) is 9.95. The predicted molar refractivity (Wildman–Crippen MR) is 89.9 cm³/mol. The molecular formula is C15H20BrClO3S. The highest BCUT2D eigenvalue weighted by Crippen LogP contribution is 2.38. The minimum absolute atomic E-state index is 0.250. The van der Waals surface area contributed by atoms with E-state index < -0.39 is 20.5 Å². The van der Waals surface area contributed by atoms with E-state index in [1.54, 1.807) is 0 Å². The van der Waals surface area contributed by atoms with Gasteiger partial charge in [0.2, 0.25) is 0 Å². The number of halogens is 2. The second-order valence-corrected chi connectivity index (χ2v) is 9.01. The smallest absolute Gasteiger partial charge is 0.154 e. The van der Waals surface area contributed by atoms with Crippen LogP contribution in [0, 0.1) is 0 Å². The van der Waals surface area contributed by atoms with Crippen LogP contribution in [-0.4, -0.2) is 26.0 Å². The van der Waals surface area contributed by atoms with Gasteiger partial charge in [0.15, 0.2) is 9.84 Å². The Balaban J connectivity index is 2.19. The van der Waals surface area contributed by atoms with Crippen molar-refractivity contribution in [3.63, 3.8) is 0 Å². The van der Waals surface area contributed by atoms with E-state index in [4.69, 9.17) is 16.3 Å². The summed E-state index contributed by atoms with van der Waals surface area (Å²) in [6.07, 6.45) is 3.25. The van der Waals surface area contributed by atoms with Gasteiger partial charge in [-0.25, -0.2) is 8.42 Å². The number of hydrogen-bond acceptors (Lipinski definition) is 3. The molecule has 1 aromatic rings. The maximum atomic E-state index is 12.2. The lowest BCUT2D eigenvalue weighted by molar-refractivity contribution is 0.315. The van der Waals surface area contributed by atoms with Crippen LogP contribution in [-0.2, 0) is 9.84 Å². The first-order valence-electron chi connectivity index (χ1n) is 7.23. The molecule has 1 aliphatic heterocycles. The van der Waals surface area contributed by atoms with Crippen LogP contribution in [0.4, 0.5) is 0 Å². The normalized spacial score (nSPS) is 22.7. The van der Waals surface area contributed by atoms with E-state index in [-0.39, 0.29) is 5.75 Å². The predicted octanol–water partition coefficient (Wildman–Crippen LogP) is 4.49. The third-order valence-electron chi connectivity index (χ3n) is 3.69. The summed E-state index contributed by atoms with van der Waals surface area (Å²) in [7, 11) is -3.09. The second-order valence-electron chi connectivity index (χ2n) is 5.34. The molecule has 2 unspecified atom stereocenters. The lowest BCUT2D eigenvalue weighted by atomic mass is 10.0. The van der Waals surface area contributed by atoms with Crippen molar-refractivity contribution in [1.29, 1.82) is 0 Å². The van der Waals surface area contributed by atoms with Gasteiger partial charge in [-0.15, -0.1) is 11.6 Å². The first kappa shape index (κ1) is 17.1. The molecule has 0 aromatic heterocycles. The van der Waals surface area contributed by atoms with E-state index in [0.29, 0.717) is 13.0 Å². The number of rotatable bonds is 5. The topological polar surface area (TPSA) is 43.4 Å². The maximum absolute atomic E-state index is 12.2. The van der Waals surface area contributed by atoms with E-state index >= 15 is 0 Å². The highest BCUT2D eigenvalue weighted by molar-refractivity contribution is 9.10. The van der Waals surface area contributed by atoms with Crippen LogP contribution < -0.4 is 4.74 Å². The van der Waals surface area contributed by atoms with Gasteiger partial charge in [-0.05, 0) is 52.9 Å². The SMILES string of the molecule is CCCOc1ccc(C(Cl)C2CCCCS2(=O)=O)cc1Br. The molecule has 21 heavy (non-hydrogen) atoms. The molecule has 1 saturated heterocycles. The Kier molecular flexibility index (Phi) is 5.97. The number of alkyl halides is 1. The highest BCUT2D eigenvalue weighted by Gasteiger charge is 2.35. The van der Waals surface area contributed by atoms with Crippen LogP contribution in [0.1, 0.15) is 43.5 Å². The third-order valence-corrected chi connectivity index (χ3v) is 7.30. The molecule has 0 aliphatic carbocycles. The zero-order valence-corrected chi connectivity index (χ0v) is 15.2. The van der Waals surface area contributed by atoms with Crippen LogP contribution in [0.5, 0.6) is 5.75 Å². The largest absolute Gasteiger partial charge is 0.492 e. The molecule has 3 nitrogen and oxygen atoms in total. The molecule has 1 heterocycles. The van der Waals surface area contributed by atoms with Crippen LogP contribution in [0.3, 0.4) is 0 Å². The van der Waals surface area contributed by atoms with E-state index in [2.05, 4.69) is 15.9 Å². The summed E-state index contributed by atoms with van der Waals surface area (Å²) in [6, 6.07) is 5.57. The Bertz CT molecular complexity index is 589. The summed E-state index contributed by atoms with van der Waals surface area (Å²) in [5.41, 5.74) is 0.822. The Labute approximate surface area is 140 Å². The summed E-state index contributed by atoms with van der Waals surface area (Å²) in [4.78, 5) is 0. The van der Waals surface area contributed by atoms with Gasteiger partial charge < -0.3 is 4.74 Å². The van der Waals surface area contributed by atoms with E-state index in [1.807, 2.05) is 25.1 Å². The molecular weight excluding hydrogens is 376 g/mol. The monoisotopic (exact) mass is 394 g/mol. The zero-order valence-electron chi connectivity index (χ0n) is 12.0. The summed E-state index contributed by atoms with van der Waals surface area (Å²) >= 11 is 9.92. The molecule has 6 heteroatoms.